The van der Waals surface area contributed by atoms with Crippen molar-refractivity contribution in [2.45, 2.75) is 45.1 Å². The van der Waals surface area contributed by atoms with Crippen molar-refractivity contribution < 1.29 is 14.3 Å². The molecule has 0 radical (unpaired) electrons. The van der Waals surface area contributed by atoms with Crippen molar-refractivity contribution in [2.24, 2.45) is 5.73 Å². The van der Waals surface area contributed by atoms with Gasteiger partial charge in [0.15, 0.2) is 0 Å². The fourth-order valence-electron chi connectivity index (χ4n) is 2.16. The Kier molecular flexibility index (Phi) is 8.42. The summed E-state index contributed by atoms with van der Waals surface area (Å²) in [5, 5.41) is 2.79. The number of hydrogen-bond acceptors (Lipinski definition) is 4. The molecule has 1 amide bonds. The lowest BCUT2D eigenvalue weighted by molar-refractivity contribution is -0.122. The van der Waals surface area contributed by atoms with Crippen LogP contribution in [0.5, 0.6) is 0 Å². The van der Waals surface area contributed by atoms with Crippen LogP contribution in [0.2, 0.25) is 0 Å². The van der Waals surface area contributed by atoms with Gasteiger partial charge in [-0.25, -0.2) is 0 Å². The Morgan fingerprint density at radius 2 is 1.91 bits per heavy atom. The van der Waals surface area contributed by atoms with Crippen molar-refractivity contribution in [1.29, 1.82) is 0 Å². The number of nitrogens with two attached hydrogens (primary N) is 1. The molecular weight excluding hydrogens is 304 g/mol. The van der Waals surface area contributed by atoms with Crippen molar-refractivity contribution in [2.75, 3.05) is 13.2 Å². The van der Waals surface area contributed by atoms with E-state index in [2.05, 4.69) is 5.32 Å². The van der Waals surface area contributed by atoms with E-state index in [-0.39, 0.29) is 18.3 Å². The molecule has 3 N–H and O–H groups in total. The summed E-state index contributed by atoms with van der Waals surface area (Å²) >= 11 is 0. The fourth-order valence-corrected chi connectivity index (χ4v) is 2.16. The van der Waals surface area contributed by atoms with Crippen molar-refractivity contribution in [3.63, 3.8) is 0 Å². The Labute approximate surface area is 138 Å². The van der Waals surface area contributed by atoms with E-state index < -0.39 is 6.04 Å². The summed E-state index contributed by atoms with van der Waals surface area (Å²) in [5.41, 5.74) is 7.69. The second-order valence-corrected chi connectivity index (χ2v) is 5.45. The SMILES string of the molecule is C[C@@H](N)C(=O)NCc1ccc(COC2CCOCC2)cc1.Cl. The van der Waals surface area contributed by atoms with Crippen LogP contribution in [-0.4, -0.2) is 31.3 Å². The molecule has 0 aromatic heterocycles. The molecule has 124 valence electrons. The number of amides is 1. The van der Waals surface area contributed by atoms with Crippen LogP contribution in [0, 0.1) is 0 Å². The molecule has 0 unspecified atom stereocenters. The number of carbonyl (C=O) groups is 1. The number of halogens is 1. The van der Waals surface area contributed by atoms with Gasteiger partial charge in [-0.2, -0.15) is 0 Å². The van der Waals surface area contributed by atoms with Gasteiger partial charge in [0, 0.05) is 19.8 Å². The number of rotatable bonds is 6. The fraction of sp³-hybridized carbons (Fsp3) is 0.562. The van der Waals surface area contributed by atoms with E-state index in [4.69, 9.17) is 15.2 Å². The van der Waals surface area contributed by atoms with Gasteiger partial charge in [0.25, 0.3) is 0 Å². The second-order valence-electron chi connectivity index (χ2n) is 5.45. The number of benzene rings is 1. The van der Waals surface area contributed by atoms with Crippen molar-refractivity contribution in [3.05, 3.63) is 35.4 Å². The first-order valence-corrected chi connectivity index (χ1v) is 7.45. The third-order valence-corrected chi connectivity index (χ3v) is 3.56. The van der Waals surface area contributed by atoms with E-state index in [0.717, 1.165) is 37.2 Å². The summed E-state index contributed by atoms with van der Waals surface area (Å²) in [7, 11) is 0. The van der Waals surface area contributed by atoms with Gasteiger partial charge in [0.1, 0.15) is 0 Å². The molecule has 0 spiro atoms. The van der Waals surface area contributed by atoms with Gasteiger partial charge in [0.2, 0.25) is 5.91 Å². The molecule has 5 nitrogen and oxygen atoms in total. The molecule has 0 aliphatic carbocycles. The van der Waals surface area contributed by atoms with E-state index in [0.29, 0.717) is 19.3 Å². The largest absolute Gasteiger partial charge is 0.381 e. The van der Waals surface area contributed by atoms with Gasteiger partial charge in [0.05, 0.1) is 18.8 Å². The van der Waals surface area contributed by atoms with Crippen LogP contribution in [0.1, 0.15) is 30.9 Å². The average molecular weight is 329 g/mol. The minimum absolute atomic E-state index is 0. The Morgan fingerprint density at radius 1 is 1.32 bits per heavy atom. The van der Waals surface area contributed by atoms with Gasteiger partial charge >= 0.3 is 0 Å². The van der Waals surface area contributed by atoms with E-state index in [1.54, 1.807) is 6.92 Å². The summed E-state index contributed by atoms with van der Waals surface area (Å²) in [6.07, 6.45) is 2.26. The zero-order valence-corrected chi connectivity index (χ0v) is 13.7. The standard InChI is InChI=1S/C16H24N2O3.ClH/c1-12(17)16(19)18-10-13-2-4-14(5-3-13)11-21-15-6-8-20-9-7-15;/h2-5,12,15H,6-11,17H2,1H3,(H,18,19);1H/t12-;/m1./s1. The molecule has 1 aromatic rings. The molecule has 1 heterocycles. The van der Waals surface area contributed by atoms with Crippen LogP contribution >= 0.6 is 12.4 Å². The predicted octanol–water partition coefficient (Wildman–Crippen LogP) is 1.77. The zero-order valence-electron chi connectivity index (χ0n) is 12.9. The minimum atomic E-state index is -0.475. The van der Waals surface area contributed by atoms with E-state index in [9.17, 15) is 4.79 Å². The number of carbonyl (C=O) groups excluding carboxylic acids is 1. The Hall–Kier alpha value is -1.14. The van der Waals surface area contributed by atoms with Gasteiger partial charge in [-0.05, 0) is 30.9 Å². The molecule has 1 atom stereocenters. The van der Waals surface area contributed by atoms with Crippen LogP contribution in [0.15, 0.2) is 24.3 Å². The monoisotopic (exact) mass is 328 g/mol. The smallest absolute Gasteiger partial charge is 0.236 e. The molecular formula is C16H25ClN2O3. The molecule has 1 fully saturated rings. The number of hydrogen-bond donors (Lipinski definition) is 2. The maximum absolute atomic E-state index is 11.4. The molecule has 22 heavy (non-hydrogen) atoms. The number of ether oxygens (including phenoxy) is 2. The minimum Gasteiger partial charge on any atom is -0.381 e. The molecule has 6 heteroatoms. The third-order valence-electron chi connectivity index (χ3n) is 3.56. The normalized spacial score (nSPS) is 16.6. The van der Waals surface area contributed by atoms with Crippen LogP contribution < -0.4 is 11.1 Å². The van der Waals surface area contributed by atoms with Crippen LogP contribution in [-0.2, 0) is 27.4 Å². The first-order chi connectivity index (χ1) is 10.1. The zero-order chi connectivity index (χ0) is 15.1. The first kappa shape index (κ1) is 18.9. The lowest BCUT2D eigenvalue weighted by Crippen LogP contribution is -2.37. The van der Waals surface area contributed by atoms with Crippen molar-refractivity contribution in [1.82, 2.24) is 5.32 Å². The molecule has 0 bridgehead atoms. The lowest BCUT2D eigenvalue weighted by Gasteiger charge is -2.22. The van der Waals surface area contributed by atoms with Crippen LogP contribution in [0.3, 0.4) is 0 Å². The highest BCUT2D eigenvalue weighted by Gasteiger charge is 2.13. The highest BCUT2D eigenvalue weighted by molar-refractivity contribution is 5.85. The van der Waals surface area contributed by atoms with Gasteiger partial charge in [-0.3, -0.25) is 4.79 Å². The first-order valence-electron chi connectivity index (χ1n) is 7.45. The molecule has 1 saturated heterocycles. The summed E-state index contributed by atoms with van der Waals surface area (Å²) < 4.78 is 11.2. The van der Waals surface area contributed by atoms with E-state index in [1.165, 1.54) is 0 Å². The van der Waals surface area contributed by atoms with Crippen LogP contribution in [0.4, 0.5) is 0 Å². The third kappa shape index (κ3) is 6.32. The van der Waals surface area contributed by atoms with Gasteiger partial charge < -0.3 is 20.5 Å². The molecule has 0 saturated carbocycles. The molecule has 1 aliphatic heterocycles. The number of nitrogens with one attached hydrogen (secondary N) is 1. The summed E-state index contributed by atoms with van der Waals surface area (Å²) in [4.78, 5) is 11.4. The van der Waals surface area contributed by atoms with E-state index in [1.807, 2.05) is 24.3 Å². The topological polar surface area (TPSA) is 73.6 Å². The second kappa shape index (κ2) is 9.79. The molecule has 1 aliphatic rings. The molecule has 2 rings (SSSR count). The Balaban J connectivity index is 0.00000242. The Bertz CT molecular complexity index is 445. The average Bonchev–Trinajstić information content (AvgIpc) is 2.52. The Morgan fingerprint density at radius 3 is 2.50 bits per heavy atom. The maximum atomic E-state index is 11.4. The maximum Gasteiger partial charge on any atom is 0.236 e. The summed E-state index contributed by atoms with van der Waals surface area (Å²) in [6.45, 7) is 4.39. The predicted molar refractivity (Wildman–Crippen MR) is 87.8 cm³/mol. The van der Waals surface area contributed by atoms with Gasteiger partial charge in [-0.1, -0.05) is 24.3 Å². The van der Waals surface area contributed by atoms with Crippen molar-refractivity contribution >= 4 is 18.3 Å². The summed E-state index contributed by atoms with van der Waals surface area (Å²) in [5.74, 6) is -0.137. The van der Waals surface area contributed by atoms with Crippen molar-refractivity contribution in [3.8, 4) is 0 Å². The molecule has 1 aromatic carbocycles. The van der Waals surface area contributed by atoms with Gasteiger partial charge in [-0.15, -0.1) is 12.4 Å². The van der Waals surface area contributed by atoms with E-state index >= 15 is 0 Å². The highest BCUT2D eigenvalue weighted by atomic mass is 35.5. The highest BCUT2D eigenvalue weighted by Crippen LogP contribution is 2.14. The van der Waals surface area contributed by atoms with Crippen LogP contribution in [0.25, 0.3) is 0 Å². The lowest BCUT2D eigenvalue weighted by atomic mass is 10.1. The quantitative estimate of drug-likeness (QED) is 0.834. The summed E-state index contributed by atoms with van der Waals surface area (Å²) in [6, 6.07) is 7.60.